The number of nitrogens with zero attached hydrogens (tertiary/aromatic N) is 5. The maximum absolute atomic E-state index is 15.2. The van der Waals surface area contributed by atoms with Crippen molar-refractivity contribution in [2.75, 3.05) is 18.0 Å². The van der Waals surface area contributed by atoms with Gasteiger partial charge in [0, 0.05) is 42.5 Å². The zero-order valence-electron chi connectivity index (χ0n) is 12.4. The van der Waals surface area contributed by atoms with Crippen molar-refractivity contribution in [1.29, 1.82) is 5.26 Å². The smallest absolute Gasteiger partial charge is 0.173 e. The van der Waals surface area contributed by atoms with Crippen LogP contribution in [0.1, 0.15) is 24.2 Å². The van der Waals surface area contributed by atoms with Gasteiger partial charge in [0.1, 0.15) is 12.4 Å². The molecule has 3 rings (SSSR count). The largest absolute Gasteiger partial charge is 0.369 e. The van der Waals surface area contributed by atoms with Gasteiger partial charge in [-0.3, -0.25) is 0 Å². The predicted molar refractivity (Wildman–Crippen MR) is 89.1 cm³/mol. The van der Waals surface area contributed by atoms with Crippen molar-refractivity contribution in [2.45, 2.75) is 18.5 Å². The third kappa shape index (κ3) is 2.93. The van der Waals surface area contributed by atoms with Crippen LogP contribution in [0.3, 0.4) is 0 Å². The summed E-state index contributed by atoms with van der Waals surface area (Å²) < 4.78 is 17.5. The molecule has 23 heavy (non-hydrogen) atoms. The minimum Gasteiger partial charge on any atom is -0.369 e. The van der Waals surface area contributed by atoms with Gasteiger partial charge in [0.25, 0.3) is 0 Å². The van der Waals surface area contributed by atoms with Gasteiger partial charge in [-0.1, -0.05) is 11.6 Å². The first-order valence-corrected chi connectivity index (χ1v) is 8.29. The van der Waals surface area contributed by atoms with E-state index < -0.39 is 5.67 Å². The average Bonchev–Trinajstić information content (AvgIpc) is 2.95. The second-order valence-corrected chi connectivity index (χ2v) is 6.90. The number of hydrogen-bond donors (Lipinski definition) is 0. The summed E-state index contributed by atoms with van der Waals surface area (Å²) in [5.74, 6) is 0.354. The third-order valence-electron chi connectivity index (χ3n) is 4.13. The highest BCUT2D eigenvalue weighted by molar-refractivity contribution is 9.10. The molecular formula is C15H14BrClFN5. The number of rotatable bonds is 2. The molecule has 0 N–H and O–H groups in total. The topological polar surface area (TPSA) is 57.7 Å². The molecule has 0 saturated carbocycles. The summed E-state index contributed by atoms with van der Waals surface area (Å²) in [5.41, 5.74) is -0.251. The first-order chi connectivity index (χ1) is 10.9. The predicted octanol–water partition coefficient (Wildman–Crippen LogP) is 3.57. The summed E-state index contributed by atoms with van der Waals surface area (Å²) in [6.45, 7) is 0.969. The Bertz CT molecular complexity index is 777. The zero-order valence-corrected chi connectivity index (χ0v) is 14.8. The van der Waals surface area contributed by atoms with Crippen LogP contribution < -0.4 is 4.90 Å². The van der Waals surface area contributed by atoms with E-state index in [1.807, 2.05) is 4.90 Å². The Kier molecular flexibility index (Phi) is 4.30. The Hall–Kier alpha value is -1.65. The van der Waals surface area contributed by atoms with Gasteiger partial charge in [-0.05, 0) is 28.1 Å². The van der Waals surface area contributed by atoms with Crippen molar-refractivity contribution in [2.24, 2.45) is 7.05 Å². The summed E-state index contributed by atoms with van der Waals surface area (Å²) in [6, 6.07) is 5.53. The molecule has 8 heteroatoms. The number of anilines is 1. The normalized spacial score (nSPS) is 17.1. The molecule has 1 saturated heterocycles. The van der Waals surface area contributed by atoms with Gasteiger partial charge in [0.05, 0.1) is 11.3 Å². The second-order valence-electron chi connectivity index (χ2n) is 5.61. The monoisotopic (exact) mass is 397 g/mol. The molecule has 5 nitrogen and oxygen atoms in total. The Balaban J connectivity index is 1.86. The van der Waals surface area contributed by atoms with Gasteiger partial charge in [0.2, 0.25) is 0 Å². The fraction of sp³-hybridized carbons (Fsp3) is 0.400. The van der Waals surface area contributed by atoms with Crippen LogP contribution in [-0.2, 0) is 12.7 Å². The lowest BCUT2D eigenvalue weighted by molar-refractivity contribution is 0.109. The van der Waals surface area contributed by atoms with Crippen LogP contribution >= 0.6 is 27.5 Å². The first-order valence-electron chi connectivity index (χ1n) is 7.12. The average molecular weight is 399 g/mol. The Labute approximate surface area is 146 Å². The molecule has 0 spiro atoms. The van der Waals surface area contributed by atoms with Crippen LogP contribution in [0.5, 0.6) is 0 Å². The lowest BCUT2D eigenvalue weighted by Crippen LogP contribution is -2.42. The van der Waals surface area contributed by atoms with Crippen molar-refractivity contribution in [3.8, 4) is 6.07 Å². The fourth-order valence-electron chi connectivity index (χ4n) is 2.97. The maximum atomic E-state index is 15.2. The zero-order chi connectivity index (χ0) is 16.6. The van der Waals surface area contributed by atoms with Crippen molar-refractivity contribution in [3.63, 3.8) is 0 Å². The highest BCUT2D eigenvalue weighted by Gasteiger charge is 2.40. The number of alkyl halides is 1. The molecule has 0 unspecified atom stereocenters. The summed E-state index contributed by atoms with van der Waals surface area (Å²) in [4.78, 5) is 2.01. The molecular weight excluding hydrogens is 385 g/mol. The van der Waals surface area contributed by atoms with Gasteiger partial charge in [-0.15, -0.1) is 10.2 Å². The van der Waals surface area contributed by atoms with Gasteiger partial charge < -0.3 is 9.47 Å². The van der Waals surface area contributed by atoms with E-state index >= 15 is 4.39 Å². The van der Waals surface area contributed by atoms with E-state index in [0.29, 0.717) is 42.3 Å². The van der Waals surface area contributed by atoms with Gasteiger partial charge in [0.15, 0.2) is 11.5 Å². The molecule has 1 aliphatic rings. The number of benzene rings is 1. The van der Waals surface area contributed by atoms with Crippen LogP contribution in [-0.4, -0.2) is 27.9 Å². The quantitative estimate of drug-likeness (QED) is 0.776. The van der Waals surface area contributed by atoms with Crippen molar-refractivity contribution < 1.29 is 4.39 Å². The molecule has 2 heterocycles. The van der Waals surface area contributed by atoms with Crippen molar-refractivity contribution in [1.82, 2.24) is 14.8 Å². The molecule has 0 radical (unpaired) electrons. The molecule has 0 amide bonds. The van der Waals surface area contributed by atoms with Crippen LogP contribution in [0.25, 0.3) is 0 Å². The number of hydrogen-bond acceptors (Lipinski definition) is 4. The summed E-state index contributed by atoms with van der Waals surface area (Å²) in [5, 5.41) is 17.5. The minimum absolute atomic E-state index is 0.291. The molecule has 120 valence electrons. The van der Waals surface area contributed by atoms with Crippen molar-refractivity contribution in [3.05, 3.63) is 39.3 Å². The lowest BCUT2D eigenvalue weighted by Gasteiger charge is -2.37. The highest BCUT2D eigenvalue weighted by Crippen LogP contribution is 2.40. The van der Waals surface area contributed by atoms with Gasteiger partial charge in [-0.25, -0.2) is 4.39 Å². The number of halogens is 3. The van der Waals surface area contributed by atoms with E-state index in [-0.39, 0.29) is 0 Å². The van der Waals surface area contributed by atoms with E-state index in [1.54, 1.807) is 23.7 Å². The van der Waals surface area contributed by atoms with E-state index in [9.17, 15) is 5.26 Å². The van der Waals surface area contributed by atoms with E-state index in [1.165, 1.54) is 6.33 Å². The third-order valence-corrected chi connectivity index (χ3v) is 4.96. The molecule has 1 aromatic carbocycles. The van der Waals surface area contributed by atoms with Crippen LogP contribution in [0.2, 0.25) is 5.02 Å². The minimum atomic E-state index is -1.49. The van der Waals surface area contributed by atoms with Crippen molar-refractivity contribution >= 4 is 33.2 Å². The number of aryl methyl sites for hydroxylation is 1. The Morgan fingerprint density at radius 2 is 2.09 bits per heavy atom. The molecule has 1 fully saturated rings. The number of nitriles is 1. The molecule has 0 aliphatic carbocycles. The Morgan fingerprint density at radius 1 is 1.39 bits per heavy atom. The van der Waals surface area contributed by atoms with Crippen LogP contribution in [0, 0.1) is 11.3 Å². The Morgan fingerprint density at radius 3 is 2.65 bits per heavy atom. The molecule has 1 aliphatic heterocycles. The van der Waals surface area contributed by atoms with E-state index in [4.69, 9.17) is 11.6 Å². The molecule has 2 aromatic rings. The van der Waals surface area contributed by atoms with Gasteiger partial charge in [-0.2, -0.15) is 5.26 Å². The summed E-state index contributed by atoms with van der Waals surface area (Å²) in [7, 11) is 1.74. The van der Waals surface area contributed by atoms with E-state index in [0.717, 1.165) is 10.2 Å². The maximum Gasteiger partial charge on any atom is 0.173 e. The van der Waals surface area contributed by atoms with Crippen LogP contribution in [0.4, 0.5) is 10.1 Å². The summed E-state index contributed by atoms with van der Waals surface area (Å²) >= 11 is 9.45. The lowest BCUT2D eigenvalue weighted by atomic mass is 9.91. The summed E-state index contributed by atoms with van der Waals surface area (Å²) in [6.07, 6.45) is 2.09. The fourth-order valence-corrected chi connectivity index (χ4v) is 4.03. The van der Waals surface area contributed by atoms with E-state index in [2.05, 4.69) is 32.2 Å². The van der Waals surface area contributed by atoms with Crippen LogP contribution in [0.15, 0.2) is 22.9 Å². The molecule has 0 atom stereocenters. The second kappa shape index (κ2) is 6.10. The highest BCUT2D eigenvalue weighted by atomic mass is 79.9. The number of piperidine rings is 1. The standard InChI is InChI=1S/C15H14BrClFN5/c1-22-9-20-21-14(22)15(18)2-4-23(5-3-15)13-10(8-19)6-11(17)7-12(13)16/h6-7,9H,2-5H2,1H3. The SMILES string of the molecule is Cn1cnnc1C1(F)CCN(c2c(Br)cc(Cl)cc2C#N)CC1. The molecule has 0 bridgehead atoms. The molecule has 1 aromatic heterocycles. The van der Waals surface area contributed by atoms with Gasteiger partial charge >= 0.3 is 0 Å². The first kappa shape index (κ1) is 16.2. The number of aromatic nitrogens is 3.